The van der Waals surface area contributed by atoms with Crippen LogP contribution in [-0.4, -0.2) is 42.1 Å². The van der Waals surface area contributed by atoms with Crippen LogP contribution >= 0.6 is 27.7 Å². The fraction of sp³-hybridized carbons (Fsp3) is 0.160. The molecule has 5 rings (SSSR count). The maximum Gasteiger partial charge on any atom is 0.279 e. The van der Waals surface area contributed by atoms with Crippen LogP contribution in [0.15, 0.2) is 82.3 Å². The van der Waals surface area contributed by atoms with E-state index in [1.807, 2.05) is 35.3 Å². The molecule has 4 aromatic rings. The van der Waals surface area contributed by atoms with E-state index in [0.717, 1.165) is 33.1 Å². The molecule has 2 heterocycles. The standard InChI is InChI=1S/C25H22BrN7OS/c1-2-22-30-33(25(35-22)27-24(34)18-11-13-19(26)14-12-18)15-16-7-9-17(10-8-16)20-5-3-4-6-21(20)23-28-31-32-29-23/h3-14,22,30H,2,15H2,1H3,(H,28,29,31,32). The number of rotatable bonds is 6. The quantitative estimate of drug-likeness (QED) is 0.338. The summed E-state index contributed by atoms with van der Waals surface area (Å²) in [5, 5.41) is 17.1. The normalized spacial score (nSPS) is 16.7. The number of halogens is 1. The number of tetrazole rings is 1. The third-order valence-corrected chi connectivity index (χ3v) is 7.35. The molecule has 35 heavy (non-hydrogen) atoms. The molecule has 0 saturated carbocycles. The minimum Gasteiger partial charge on any atom is -0.281 e. The van der Waals surface area contributed by atoms with Gasteiger partial charge in [0, 0.05) is 15.6 Å². The van der Waals surface area contributed by atoms with E-state index in [0.29, 0.717) is 23.1 Å². The molecule has 1 aliphatic rings. The van der Waals surface area contributed by atoms with Crippen molar-refractivity contribution in [3.63, 3.8) is 0 Å². The van der Waals surface area contributed by atoms with Crippen molar-refractivity contribution in [3.8, 4) is 22.5 Å². The first-order valence-electron chi connectivity index (χ1n) is 11.1. The number of thioether (sulfide) groups is 1. The van der Waals surface area contributed by atoms with Crippen molar-refractivity contribution in [2.75, 3.05) is 0 Å². The topological polar surface area (TPSA) is 99.2 Å². The fourth-order valence-electron chi connectivity index (χ4n) is 3.75. The fourth-order valence-corrected chi connectivity index (χ4v) is 5.00. The van der Waals surface area contributed by atoms with Gasteiger partial charge in [0.1, 0.15) is 0 Å². The minimum atomic E-state index is -0.252. The number of aromatic nitrogens is 4. The number of hydrazine groups is 1. The molecule has 0 radical (unpaired) electrons. The molecule has 0 bridgehead atoms. The zero-order chi connectivity index (χ0) is 24.2. The van der Waals surface area contributed by atoms with Gasteiger partial charge in [0.2, 0.25) is 0 Å². The second-order valence-corrected chi connectivity index (χ2v) is 10.0. The Bertz CT molecular complexity index is 1340. The van der Waals surface area contributed by atoms with Crippen molar-refractivity contribution >= 4 is 38.8 Å². The van der Waals surface area contributed by atoms with Crippen molar-refractivity contribution < 1.29 is 4.79 Å². The van der Waals surface area contributed by atoms with Gasteiger partial charge in [-0.2, -0.15) is 4.99 Å². The molecular weight excluding hydrogens is 526 g/mol. The Labute approximate surface area is 215 Å². The van der Waals surface area contributed by atoms with Crippen LogP contribution in [0.2, 0.25) is 0 Å². The molecule has 1 atom stereocenters. The maximum atomic E-state index is 12.7. The zero-order valence-electron chi connectivity index (χ0n) is 18.9. The highest BCUT2D eigenvalue weighted by Crippen LogP contribution is 2.31. The Hall–Kier alpha value is -3.34. The molecular formula is C25H22BrN7OS. The second-order valence-electron chi connectivity index (χ2n) is 7.93. The number of nitrogens with one attached hydrogen (secondary N) is 2. The van der Waals surface area contributed by atoms with E-state index >= 15 is 0 Å². The summed E-state index contributed by atoms with van der Waals surface area (Å²) in [4.78, 5) is 17.2. The Morgan fingerprint density at radius 2 is 1.80 bits per heavy atom. The molecule has 176 valence electrons. The van der Waals surface area contributed by atoms with Gasteiger partial charge in [-0.1, -0.05) is 83.1 Å². The van der Waals surface area contributed by atoms with Crippen LogP contribution < -0.4 is 5.43 Å². The summed E-state index contributed by atoms with van der Waals surface area (Å²) in [5.41, 5.74) is 8.17. The van der Waals surface area contributed by atoms with E-state index in [1.54, 1.807) is 23.9 Å². The van der Waals surface area contributed by atoms with Crippen molar-refractivity contribution in [2.45, 2.75) is 25.3 Å². The average molecular weight is 548 g/mol. The Kier molecular flexibility index (Phi) is 7.03. The van der Waals surface area contributed by atoms with E-state index < -0.39 is 0 Å². The molecule has 1 amide bonds. The highest BCUT2D eigenvalue weighted by atomic mass is 79.9. The number of carbonyl (C=O) groups excluding carboxylic acids is 1. The number of aliphatic imine (C=N–C) groups is 1. The molecule has 1 saturated heterocycles. The van der Waals surface area contributed by atoms with E-state index in [2.05, 4.69) is 84.2 Å². The number of amides is 1. The maximum absolute atomic E-state index is 12.7. The van der Waals surface area contributed by atoms with Gasteiger partial charge in [0.05, 0.1) is 11.9 Å². The monoisotopic (exact) mass is 547 g/mol. The first kappa shape index (κ1) is 23.4. The minimum absolute atomic E-state index is 0.174. The van der Waals surface area contributed by atoms with Crippen LogP contribution in [0.4, 0.5) is 0 Å². The second kappa shape index (κ2) is 10.5. The predicted molar refractivity (Wildman–Crippen MR) is 141 cm³/mol. The summed E-state index contributed by atoms with van der Waals surface area (Å²) in [6.45, 7) is 2.70. The number of benzene rings is 3. The predicted octanol–water partition coefficient (Wildman–Crippen LogP) is 5.28. The number of aromatic amines is 1. The van der Waals surface area contributed by atoms with E-state index in [1.165, 1.54) is 0 Å². The Morgan fingerprint density at radius 3 is 2.49 bits per heavy atom. The van der Waals surface area contributed by atoms with E-state index in [9.17, 15) is 4.79 Å². The summed E-state index contributed by atoms with van der Waals surface area (Å²) < 4.78 is 0.926. The van der Waals surface area contributed by atoms with Crippen LogP contribution in [0.3, 0.4) is 0 Å². The third-order valence-electron chi connectivity index (χ3n) is 5.57. The lowest BCUT2D eigenvalue weighted by Crippen LogP contribution is -2.37. The Balaban J connectivity index is 1.35. The van der Waals surface area contributed by atoms with Crippen LogP contribution in [-0.2, 0) is 6.54 Å². The largest absolute Gasteiger partial charge is 0.281 e. The molecule has 8 nitrogen and oxygen atoms in total. The van der Waals surface area contributed by atoms with Gasteiger partial charge in [-0.3, -0.25) is 9.80 Å². The summed E-state index contributed by atoms with van der Waals surface area (Å²) in [6, 6.07) is 23.6. The van der Waals surface area contributed by atoms with E-state index in [-0.39, 0.29) is 11.3 Å². The molecule has 1 fully saturated rings. The number of nitrogens with zero attached hydrogens (tertiary/aromatic N) is 5. The lowest BCUT2D eigenvalue weighted by Gasteiger charge is -2.19. The lowest BCUT2D eigenvalue weighted by atomic mass is 9.98. The van der Waals surface area contributed by atoms with Gasteiger partial charge in [-0.25, -0.2) is 10.5 Å². The van der Waals surface area contributed by atoms with Crippen molar-refractivity contribution in [1.29, 1.82) is 0 Å². The summed E-state index contributed by atoms with van der Waals surface area (Å²) in [6.07, 6.45) is 0.916. The average Bonchev–Trinajstić information content (AvgIpc) is 3.55. The smallest absolute Gasteiger partial charge is 0.279 e. The molecule has 1 unspecified atom stereocenters. The number of carbonyl (C=O) groups is 1. The van der Waals surface area contributed by atoms with Crippen LogP contribution in [0.25, 0.3) is 22.5 Å². The summed E-state index contributed by atoms with van der Waals surface area (Å²) >= 11 is 4.98. The lowest BCUT2D eigenvalue weighted by molar-refractivity contribution is 0.100. The molecule has 1 aliphatic heterocycles. The SMILES string of the molecule is CCC1NN(Cc2ccc(-c3ccccc3-c3nnn[nH]3)cc2)C(=NC(=O)c2ccc(Br)cc2)S1. The van der Waals surface area contributed by atoms with Crippen molar-refractivity contribution in [3.05, 3.63) is 88.4 Å². The van der Waals surface area contributed by atoms with Gasteiger partial charge in [0.25, 0.3) is 5.91 Å². The van der Waals surface area contributed by atoms with Gasteiger partial charge in [-0.15, -0.1) is 5.10 Å². The van der Waals surface area contributed by atoms with Gasteiger partial charge in [0.15, 0.2) is 11.0 Å². The molecule has 1 aromatic heterocycles. The van der Waals surface area contributed by atoms with E-state index in [4.69, 9.17) is 0 Å². The first-order valence-corrected chi connectivity index (χ1v) is 12.8. The highest BCUT2D eigenvalue weighted by molar-refractivity contribution is 9.10. The molecule has 10 heteroatoms. The number of amidine groups is 1. The van der Waals surface area contributed by atoms with Crippen LogP contribution in [0.1, 0.15) is 29.3 Å². The zero-order valence-corrected chi connectivity index (χ0v) is 21.3. The first-order chi connectivity index (χ1) is 17.1. The van der Waals surface area contributed by atoms with Crippen LogP contribution in [0.5, 0.6) is 0 Å². The number of hydrogen-bond donors (Lipinski definition) is 2. The van der Waals surface area contributed by atoms with Crippen molar-refractivity contribution in [1.82, 2.24) is 31.1 Å². The summed E-state index contributed by atoms with van der Waals surface area (Å²) in [7, 11) is 0. The van der Waals surface area contributed by atoms with Gasteiger partial charge in [-0.05, 0) is 57.8 Å². The molecule has 0 aliphatic carbocycles. The summed E-state index contributed by atoms with van der Waals surface area (Å²) in [5.74, 6) is 0.377. The van der Waals surface area contributed by atoms with Crippen LogP contribution in [0, 0.1) is 0 Å². The number of H-pyrrole nitrogens is 1. The van der Waals surface area contributed by atoms with Gasteiger partial charge >= 0.3 is 0 Å². The Morgan fingerprint density at radius 1 is 1.06 bits per heavy atom. The highest BCUT2D eigenvalue weighted by Gasteiger charge is 2.28. The molecule has 2 N–H and O–H groups in total. The third kappa shape index (κ3) is 5.34. The molecule has 0 spiro atoms. The molecule has 3 aromatic carbocycles. The van der Waals surface area contributed by atoms with Gasteiger partial charge < -0.3 is 0 Å². The van der Waals surface area contributed by atoms with Crippen molar-refractivity contribution in [2.24, 2.45) is 4.99 Å². The number of hydrogen-bond acceptors (Lipinski definition) is 6.